The lowest BCUT2D eigenvalue weighted by molar-refractivity contribution is 0.0955. The lowest BCUT2D eigenvalue weighted by Gasteiger charge is -2.17. The molecule has 0 fully saturated rings. The zero-order valence-corrected chi connectivity index (χ0v) is 17.7. The standard InChI is InChI=1S/C27H23N3O2/c1-18-6-11-23(12-7-18)30-16-21-9-8-20(14-22(21)17-30)27(32)29-28-15-25-24-5-3-2-4-19(24)10-13-26(25)31/h2-15,31H,16-17H2,1H3,(H,29,32)/b28-15+. The van der Waals surface area contributed by atoms with E-state index in [1.54, 1.807) is 6.07 Å². The van der Waals surface area contributed by atoms with Crippen LogP contribution in [0.2, 0.25) is 0 Å². The number of fused-ring (bicyclic) bond motifs is 2. The molecule has 0 aliphatic carbocycles. The Morgan fingerprint density at radius 1 is 0.969 bits per heavy atom. The number of benzene rings is 4. The third kappa shape index (κ3) is 3.81. The molecule has 4 aromatic rings. The van der Waals surface area contributed by atoms with Gasteiger partial charge in [-0.2, -0.15) is 5.10 Å². The second-order valence-corrected chi connectivity index (χ2v) is 8.09. The van der Waals surface area contributed by atoms with Crippen molar-refractivity contribution in [3.63, 3.8) is 0 Å². The van der Waals surface area contributed by atoms with E-state index in [9.17, 15) is 9.90 Å². The predicted molar refractivity (Wildman–Crippen MR) is 128 cm³/mol. The summed E-state index contributed by atoms with van der Waals surface area (Å²) in [5.41, 5.74) is 8.52. The molecule has 0 saturated heterocycles. The van der Waals surface area contributed by atoms with Crippen molar-refractivity contribution in [1.29, 1.82) is 0 Å². The SMILES string of the molecule is Cc1ccc(N2Cc3ccc(C(=O)N/N=C/c4c(O)ccc5ccccc45)cc3C2)cc1. The summed E-state index contributed by atoms with van der Waals surface area (Å²) >= 11 is 0. The molecule has 0 aromatic heterocycles. The first-order chi connectivity index (χ1) is 15.6. The minimum atomic E-state index is -0.280. The van der Waals surface area contributed by atoms with E-state index in [0.717, 1.165) is 29.4 Å². The number of phenolic OH excluding ortho intramolecular Hbond substituents is 1. The molecule has 0 atom stereocenters. The number of hydrazone groups is 1. The maximum absolute atomic E-state index is 12.7. The Labute approximate surface area is 186 Å². The van der Waals surface area contributed by atoms with Gasteiger partial charge in [0.05, 0.1) is 6.21 Å². The highest BCUT2D eigenvalue weighted by Gasteiger charge is 2.20. The summed E-state index contributed by atoms with van der Waals surface area (Å²) in [5, 5.41) is 16.2. The number of anilines is 1. The van der Waals surface area contributed by atoms with Crippen molar-refractivity contribution >= 4 is 28.6 Å². The van der Waals surface area contributed by atoms with Gasteiger partial charge >= 0.3 is 0 Å². The van der Waals surface area contributed by atoms with Crippen LogP contribution in [0.4, 0.5) is 5.69 Å². The van der Waals surface area contributed by atoms with Crippen LogP contribution in [0, 0.1) is 6.92 Å². The van der Waals surface area contributed by atoms with Crippen molar-refractivity contribution in [3.05, 3.63) is 107 Å². The number of rotatable bonds is 4. The van der Waals surface area contributed by atoms with Crippen molar-refractivity contribution in [3.8, 4) is 5.75 Å². The largest absolute Gasteiger partial charge is 0.507 e. The Kier molecular flexibility index (Phi) is 5.07. The molecule has 0 saturated carbocycles. The normalized spacial score (nSPS) is 13.0. The summed E-state index contributed by atoms with van der Waals surface area (Å²) in [6.45, 7) is 3.68. The molecule has 0 unspecified atom stereocenters. The Morgan fingerprint density at radius 2 is 1.75 bits per heavy atom. The average Bonchev–Trinajstić information content (AvgIpc) is 3.24. The van der Waals surface area contributed by atoms with Crippen molar-refractivity contribution in [2.24, 2.45) is 5.10 Å². The van der Waals surface area contributed by atoms with Gasteiger partial charge in [0, 0.05) is 29.9 Å². The Hall–Kier alpha value is -4.12. The third-order valence-corrected chi connectivity index (χ3v) is 5.90. The molecule has 1 aliphatic rings. The lowest BCUT2D eigenvalue weighted by Crippen LogP contribution is -2.18. The van der Waals surface area contributed by atoms with Gasteiger partial charge in [0.15, 0.2) is 0 Å². The first kappa shape index (κ1) is 19.8. The Balaban J connectivity index is 1.30. The first-order valence-electron chi connectivity index (χ1n) is 10.6. The number of nitrogens with zero attached hydrogens (tertiary/aromatic N) is 2. The molecular formula is C27H23N3O2. The smallest absolute Gasteiger partial charge is 0.271 e. The number of amides is 1. The van der Waals surface area contributed by atoms with Crippen LogP contribution in [-0.4, -0.2) is 17.2 Å². The second-order valence-electron chi connectivity index (χ2n) is 8.09. The van der Waals surface area contributed by atoms with Gasteiger partial charge in [0.1, 0.15) is 5.75 Å². The lowest BCUT2D eigenvalue weighted by atomic mass is 10.0. The zero-order chi connectivity index (χ0) is 22.1. The summed E-state index contributed by atoms with van der Waals surface area (Å²) in [6.07, 6.45) is 1.49. The Morgan fingerprint density at radius 3 is 2.59 bits per heavy atom. The molecule has 1 heterocycles. The summed E-state index contributed by atoms with van der Waals surface area (Å²) in [4.78, 5) is 15.0. The summed E-state index contributed by atoms with van der Waals surface area (Å²) in [6, 6.07) is 25.5. The molecule has 1 amide bonds. The van der Waals surface area contributed by atoms with Crippen LogP contribution in [-0.2, 0) is 13.1 Å². The molecule has 5 nitrogen and oxygen atoms in total. The van der Waals surface area contributed by atoms with Crippen LogP contribution >= 0.6 is 0 Å². The number of hydrogen-bond donors (Lipinski definition) is 2. The number of hydrogen-bond acceptors (Lipinski definition) is 4. The van der Waals surface area contributed by atoms with Crippen molar-refractivity contribution in [2.75, 3.05) is 4.90 Å². The molecule has 5 rings (SSSR count). The molecule has 2 N–H and O–H groups in total. The van der Waals surface area contributed by atoms with E-state index in [0.29, 0.717) is 11.1 Å². The third-order valence-electron chi connectivity index (χ3n) is 5.90. The predicted octanol–water partition coefficient (Wildman–Crippen LogP) is 5.14. The fraction of sp³-hybridized carbons (Fsp3) is 0.111. The van der Waals surface area contributed by atoms with E-state index >= 15 is 0 Å². The summed E-state index contributed by atoms with van der Waals surface area (Å²) in [7, 11) is 0. The highest BCUT2D eigenvalue weighted by Crippen LogP contribution is 2.29. The Bertz CT molecular complexity index is 1340. The fourth-order valence-electron chi connectivity index (χ4n) is 4.11. The maximum Gasteiger partial charge on any atom is 0.271 e. The van der Waals surface area contributed by atoms with E-state index in [-0.39, 0.29) is 11.7 Å². The molecular weight excluding hydrogens is 398 g/mol. The monoisotopic (exact) mass is 421 g/mol. The van der Waals surface area contributed by atoms with Crippen LogP contribution in [0.5, 0.6) is 5.75 Å². The van der Waals surface area contributed by atoms with Gasteiger partial charge in [0.2, 0.25) is 0 Å². The van der Waals surface area contributed by atoms with Gasteiger partial charge in [0.25, 0.3) is 5.91 Å². The zero-order valence-electron chi connectivity index (χ0n) is 17.7. The van der Waals surface area contributed by atoms with Gasteiger partial charge in [-0.05, 0) is 59.2 Å². The molecule has 5 heteroatoms. The van der Waals surface area contributed by atoms with Crippen LogP contribution in [0.15, 0.2) is 84.0 Å². The summed E-state index contributed by atoms with van der Waals surface area (Å²) < 4.78 is 0. The fourth-order valence-corrected chi connectivity index (χ4v) is 4.11. The molecule has 0 bridgehead atoms. The van der Waals surface area contributed by atoms with Gasteiger partial charge < -0.3 is 10.0 Å². The van der Waals surface area contributed by atoms with E-state index in [1.165, 1.54) is 23.0 Å². The average molecular weight is 422 g/mol. The topological polar surface area (TPSA) is 64.9 Å². The van der Waals surface area contributed by atoms with Crippen molar-refractivity contribution in [2.45, 2.75) is 20.0 Å². The van der Waals surface area contributed by atoms with Gasteiger partial charge in [-0.15, -0.1) is 0 Å². The number of carbonyl (C=O) groups is 1. The minimum Gasteiger partial charge on any atom is -0.507 e. The van der Waals surface area contributed by atoms with E-state index in [2.05, 4.69) is 46.6 Å². The molecule has 0 spiro atoms. The van der Waals surface area contributed by atoms with Crippen LogP contribution in [0.1, 0.15) is 32.6 Å². The van der Waals surface area contributed by atoms with E-state index in [1.807, 2.05) is 48.5 Å². The molecule has 0 radical (unpaired) electrons. The van der Waals surface area contributed by atoms with Crippen molar-refractivity contribution in [1.82, 2.24) is 5.43 Å². The number of carbonyl (C=O) groups excluding carboxylic acids is 1. The number of aryl methyl sites for hydroxylation is 1. The van der Waals surface area contributed by atoms with Crippen LogP contribution < -0.4 is 10.3 Å². The molecule has 4 aromatic carbocycles. The van der Waals surface area contributed by atoms with Gasteiger partial charge in [-0.25, -0.2) is 5.43 Å². The van der Waals surface area contributed by atoms with Crippen molar-refractivity contribution < 1.29 is 9.90 Å². The molecule has 158 valence electrons. The molecule has 1 aliphatic heterocycles. The highest BCUT2D eigenvalue weighted by atomic mass is 16.3. The number of phenols is 1. The van der Waals surface area contributed by atoms with Crippen LogP contribution in [0.25, 0.3) is 10.8 Å². The summed E-state index contributed by atoms with van der Waals surface area (Å²) in [5.74, 6) is -0.159. The maximum atomic E-state index is 12.7. The number of aromatic hydroxyl groups is 1. The number of nitrogens with one attached hydrogen (secondary N) is 1. The minimum absolute atomic E-state index is 0.121. The molecule has 32 heavy (non-hydrogen) atoms. The second kappa shape index (κ2) is 8.19. The van der Waals surface area contributed by atoms with E-state index < -0.39 is 0 Å². The quantitative estimate of drug-likeness (QED) is 0.354. The van der Waals surface area contributed by atoms with Gasteiger partial charge in [-0.1, -0.05) is 54.1 Å². The van der Waals surface area contributed by atoms with Gasteiger partial charge in [-0.3, -0.25) is 4.79 Å². The van der Waals surface area contributed by atoms with E-state index in [4.69, 9.17) is 0 Å². The van der Waals surface area contributed by atoms with Crippen LogP contribution in [0.3, 0.4) is 0 Å². The first-order valence-corrected chi connectivity index (χ1v) is 10.6. The highest BCUT2D eigenvalue weighted by molar-refractivity contribution is 6.03.